The van der Waals surface area contributed by atoms with E-state index in [2.05, 4.69) is 31.9 Å². The number of carbonyl (C=O) groups excluding carboxylic acids is 1. The molecule has 1 aliphatic rings. The minimum Gasteiger partial charge on any atom is -0.424 e. The van der Waals surface area contributed by atoms with Gasteiger partial charge in [-0.25, -0.2) is 0 Å². The van der Waals surface area contributed by atoms with Gasteiger partial charge >= 0.3 is 0 Å². The van der Waals surface area contributed by atoms with Crippen molar-refractivity contribution in [3.63, 3.8) is 0 Å². The summed E-state index contributed by atoms with van der Waals surface area (Å²) in [5.41, 5.74) is 0. The van der Waals surface area contributed by atoms with Crippen molar-refractivity contribution in [1.29, 1.82) is 0 Å². The van der Waals surface area contributed by atoms with Crippen LogP contribution < -0.4 is 0 Å². The first-order chi connectivity index (χ1) is 12.1. The molecular formula is C16H24N6O2S. The van der Waals surface area contributed by atoms with Gasteiger partial charge in [-0.1, -0.05) is 18.2 Å². The highest BCUT2D eigenvalue weighted by atomic mass is 32.2. The Bertz CT molecular complexity index is 728. The number of carbonyl (C=O) groups is 1. The third-order valence-electron chi connectivity index (χ3n) is 4.28. The number of rotatable bonds is 6. The van der Waals surface area contributed by atoms with Gasteiger partial charge in [-0.3, -0.25) is 4.79 Å². The minimum atomic E-state index is -0.0108. The molecule has 25 heavy (non-hydrogen) atoms. The van der Waals surface area contributed by atoms with Crippen LogP contribution in [0.4, 0.5) is 0 Å². The maximum Gasteiger partial charge on any atom is 0.229 e. The van der Waals surface area contributed by atoms with Gasteiger partial charge in [0, 0.05) is 26.4 Å². The predicted octanol–water partition coefficient (Wildman–Crippen LogP) is 2.75. The molecule has 1 aliphatic heterocycles. The third-order valence-corrected chi connectivity index (χ3v) is 5.35. The molecule has 0 spiro atoms. The lowest BCUT2D eigenvalue weighted by atomic mass is 10.2. The summed E-state index contributed by atoms with van der Waals surface area (Å²) in [6.45, 7) is 7.91. The maximum absolute atomic E-state index is 12.2. The molecule has 0 radical (unpaired) electrons. The average molecular weight is 364 g/mol. The number of aryl methyl sites for hydroxylation is 1. The molecular weight excluding hydrogens is 340 g/mol. The molecule has 1 fully saturated rings. The van der Waals surface area contributed by atoms with Crippen LogP contribution in [0.1, 0.15) is 62.4 Å². The molecule has 136 valence electrons. The second-order valence-corrected chi connectivity index (χ2v) is 7.50. The summed E-state index contributed by atoms with van der Waals surface area (Å²) in [5, 5.41) is 17.4. The largest absolute Gasteiger partial charge is 0.424 e. The van der Waals surface area contributed by atoms with Gasteiger partial charge in [-0.05, 0) is 26.7 Å². The minimum absolute atomic E-state index is 0.0108. The van der Waals surface area contributed by atoms with E-state index in [1.165, 1.54) is 11.8 Å². The first-order valence-corrected chi connectivity index (χ1v) is 9.63. The second-order valence-electron chi connectivity index (χ2n) is 6.19. The van der Waals surface area contributed by atoms with E-state index in [1.807, 2.05) is 11.8 Å². The molecule has 0 N–H and O–H groups in total. The number of nitrogens with zero attached hydrogens (tertiary/aromatic N) is 6. The van der Waals surface area contributed by atoms with Crippen LogP contribution in [0.2, 0.25) is 0 Å². The summed E-state index contributed by atoms with van der Waals surface area (Å²) >= 11 is 1.54. The molecule has 8 nitrogen and oxygen atoms in total. The molecule has 1 amide bonds. The van der Waals surface area contributed by atoms with Crippen molar-refractivity contribution in [3.05, 3.63) is 17.6 Å². The quantitative estimate of drug-likeness (QED) is 0.728. The molecule has 1 saturated heterocycles. The molecule has 0 bridgehead atoms. The molecule has 1 atom stereocenters. The molecule has 3 heterocycles. The van der Waals surface area contributed by atoms with Crippen LogP contribution in [-0.4, -0.2) is 42.3 Å². The number of aromatic nitrogens is 5. The Morgan fingerprint density at radius 3 is 2.76 bits per heavy atom. The summed E-state index contributed by atoms with van der Waals surface area (Å²) in [5.74, 6) is 2.18. The highest BCUT2D eigenvalue weighted by Crippen LogP contribution is 2.33. The molecule has 0 aliphatic carbocycles. The Balaban J connectivity index is 1.73. The lowest BCUT2D eigenvalue weighted by molar-refractivity contribution is -0.131. The number of amides is 1. The van der Waals surface area contributed by atoms with Gasteiger partial charge in [0.15, 0.2) is 11.0 Å². The van der Waals surface area contributed by atoms with E-state index in [0.717, 1.165) is 43.3 Å². The zero-order valence-electron chi connectivity index (χ0n) is 14.9. The van der Waals surface area contributed by atoms with E-state index in [0.29, 0.717) is 24.7 Å². The molecule has 9 heteroatoms. The first kappa shape index (κ1) is 17.9. The average Bonchev–Trinajstić information content (AvgIpc) is 3.13. The van der Waals surface area contributed by atoms with Gasteiger partial charge < -0.3 is 13.9 Å². The zero-order valence-corrected chi connectivity index (χ0v) is 15.8. The topological polar surface area (TPSA) is 89.9 Å². The SMILES string of the molecule is CCn1c(CN2CCCCCC2=O)nnc1S[C@H](C)c1nnc(C)o1. The third kappa shape index (κ3) is 4.20. The summed E-state index contributed by atoms with van der Waals surface area (Å²) in [4.78, 5) is 14.1. The van der Waals surface area contributed by atoms with Gasteiger partial charge in [-0.2, -0.15) is 0 Å². The predicted molar refractivity (Wildman–Crippen MR) is 92.9 cm³/mol. The Morgan fingerprint density at radius 2 is 2.04 bits per heavy atom. The summed E-state index contributed by atoms with van der Waals surface area (Å²) in [6.07, 6.45) is 3.79. The van der Waals surface area contributed by atoms with E-state index in [-0.39, 0.29) is 11.2 Å². The molecule has 0 saturated carbocycles. The Kier molecular flexibility index (Phi) is 5.72. The molecule has 3 rings (SSSR count). The smallest absolute Gasteiger partial charge is 0.229 e. The van der Waals surface area contributed by atoms with Crippen molar-refractivity contribution in [3.8, 4) is 0 Å². The Labute approximate surface area is 151 Å². The summed E-state index contributed by atoms with van der Waals surface area (Å²) < 4.78 is 7.55. The number of thioether (sulfide) groups is 1. The van der Waals surface area contributed by atoms with Crippen LogP contribution in [0.5, 0.6) is 0 Å². The van der Waals surface area contributed by atoms with Crippen LogP contribution in [0.3, 0.4) is 0 Å². The lowest BCUT2D eigenvalue weighted by Gasteiger charge is -2.20. The van der Waals surface area contributed by atoms with Crippen molar-refractivity contribution >= 4 is 17.7 Å². The highest BCUT2D eigenvalue weighted by Gasteiger charge is 2.22. The molecule has 2 aromatic heterocycles. The van der Waals surface area contributed by atoms with Crippen molar-refractivity contribution in [2.24, 2.45) is 0 Å². The fraction of sp³-hybridized carbons (Fsp3) is 0.688. The van der Waals surface area contributed by atoms with Crippen LogP contribution in [-0.2, 0) is 17.9 Å². The van der Waals surface area contributed by atoms with E-state index >= 15 is 0 Å². The summed E-state index contributed by atoms with van der Waals surface area (Å²) in [6, 6.07) is 0. The van der Waals surface area contributed by atoms with E-state index in [9.17, 15) is 4.79 Å². The van der Waals surface area contributed by atoms with Gasteiger partial charge in [0.1, 0.15) is 0 Å². The van der Waals surface area contributed by atoms with Gasteiger partial charge in [0.25, 0.3) is 0 Å². The number of hydrogen-bond donors (Lipinski definition) is 0. The van der Waals surface area contributed by atoms with Crippen molar-refractivity contribution in [2.75, 3.05) is 6.54 Å². The number of likely N-dealkylation sites (tertiary alicyclic amines) is 1. The normalized spacial score (nSPS) is 16.9. The zero-order chi connectivity index (χ0) is 17.8. The Morgan fingerprint density at radius 1 is 1.20 bits per heavy atom. The van der Waals surface area contributed by atoms with Gasteiger partial charge in [0.2, 0.25) is 17.7 Å². The molecule has 0 aromatic carbocycles. The van der Waals surface area contributed by atoms with Crippen molar-refractivity contribution in [1.82, 2.24) is 29.9 Å². The monoisotopic (exact) mass is 364 g/mol. The fourth-order valence-corrected chi connectivity index (χ4v) is 3.86. The highest BCUT2D eigenvalue weighted by molar-refractivity contribution is 7.99. The second kappa shape index (κ2) is 7.99. The van der Waals surface area contributed by atoms with E-state index in [1.54, 1.807) is 6.92 Å². The van der Waals surface area contributed by atoms with Gasteiger partial charge in [-0.15, -0.1) is 20.4 Å². The Hall–Kier alpha value is -1.90. The van der Waals surface area contributed by atoms with Crippen LogP contribution in [0.25, 0.3) is 0 Å². The lowest BCUT2D eigenvalue weighted by Crippen LogP contribution is -2.31. The van der Waals surface area contributed by atoms with Crippen LogP contribution in [0.15, 0.2) is 9.57 Å². The number of hydrogen-bond acceptors (Lipinski definition) is 7. The van der Waals surface area contributed by atoms with E-state index < -0.39 is 0 Å². The van der Waals surface area contributed by atoms with Crippen molar-refractivity contribution < 1.29 is 9.21 Å². The first-order valence-electron chi connectivity index (χ1n) is 8.75. The molecule has 0 unspecified atom stereocenters. The molecule has 2 aromatic rings. The standard InChI is InChI=1S/C16H24N6O2S/c1-4-22-13(10-21-9-7-5-6-8-14(21)23)18-20-16(22)25-11(2)15-19-17-12(3)24-15/h11H,4-10H2,1-3H3/t11-/m1/s1. The van der Waals surface area contributed by atoms with Crippen LogP contribution >= 0.6 is 11.8 Å². The maximum atomic E-state index is 12.2. The fourth-order valence-electron chi connectivity index (χ4n) is 2.90. The summed E-state index contributed by atoms with van der Waals surface area (Å²) in [7, 11) is 0. The van der Waals surface area contributed by atoms with Gasteiger partial charge in [0.05, 0.1) is 11.8 Å². The van der Waals surface area contributed by atoms with E-state index in [4.69, 9.17) is 4.42 Å². The van der Waals surface area contributed by atoms with Crippen LogP contribution in [0, 0.1) is 6.92 Å². The van der Waals surface area contributed by atoms with Crippen molar-refractivity contribution in [2.45, 2.75) is 70.0 Å².